The molecular weight excluding hydrogens is 466 g/mol. The molecule has 1 aliphatic rings. The van der Waals surface area contributed by atoms with Gasteiger partial charge in [0, 0.05) is 22.9 Å². The van der Waals surface area contributed by atoms with Crippen LogP contribution in [-0.4, -0.2) is 23.0 Å². The van der Waals surface area contributed by atoms with E-state index >= 15 is 0 Å². The van der Waals surface area contributed by atoms with Crippen LogP contribution in [0.5, 0.6) is 11.5 Å². The number of carbonyl (C=O) groups is 1. The van der Waals surface area contributed by atoms with Crippen molar-refractivity contribution in [3.63, 3.8) is 0 Å². The lowest BCUT2D eigenvalue weighted by Crippen LogP contribution is -2.31. The van der Waals surface area contributed by atoms with Crippen molar-refractivity contribution < 1.29 is 14.3 Å². The lowest BCUT2D eigenvalue weighted by molar-refractivity contribution is -0.116. The van der Waals surface area contributed by atoms with E-state index in [2.05, 4.69) is 15.3 Å². The summed E-state index contributed by atoms with van der Waals surface area (Å²) in [6, 6.07) is 22.1. The fourth-order valence-electron chi connectivity index (χ4n) is 4.15. The number of fused-ring (bicyclic) bond motifs is 1. The summed E-state index contributed by atoms with van der Waals surface area (Å²) < 4.78 is 11.5. The number of amides is 1. The van der Waals surface area contributed by atoms with Gasteiger partial charge < -0.3 is 19.8 Å². The molecule has 0 aliphatic carbocycles. The summed E-state index contributed by atoms with van der Waals surface area (Å²) in [6.07, 6.45) is 0.122. The number of aromatic amines is 1. The number of methoxy groups -OCH3 is 1. The van der Waals surface area contributed by atoms with Gasteiger partial charge in [0.05, 0.1) is 12.7 Å². The van der Waals surface area contributed by atoms with Crippen molar-refractivity contribution in [1.29, 1.82) is 0 Å². The number of anilines is 1. The van der Waals surface area contributed by atoms with E-state index in [1.807, 2.05) is 48.5 Å². The van der Waals surface area contributed by atoms with Gasteiger partial charge in [0.25, 0.3) is 5.56 Å². The topological polar surface area (TPSA) is 93.3 Å². The zero-order valence-electron chi connectivity index (χ0n) is 18.9. The van der Waals surface area contributed by atoms with Gasteiger partial charge in [-0.05, 0) is 35.4 Å². The summed E-state index contributed by atoms with van der Waals surface area (Å²) in [5, 5.41) is 3.42. The fourth-order valence-corrected chi connectivity index (χ4v) is 4.28. The number of hydrogen-bond donors (Lipinski definition) is 2. The molecule has 0 saturated heterocycles. The Kier molecular flexibility index (Phi) is 6.25. The minimum absolute atomic E-state index is 0.122. The Labute approximate surface area is 206 Å². The van der Waals surface area contributed by atoms with Crippen LogP contribution in [0.4, 0.5) is 5.82 Å². The number of rotatable bonds is 6. The van der Waals surface area contributed by atoms with Gasteiger partial charge in [-0.25, -0.2) is 4.98 Å². The Morgan fingerprint density at radius 2 is 1.77 bits per heavy atom. The highest BCUT2D eigenvalue weighted by atomic mass is 35.5. The smallest absolute Gasteiger partial charge is 0.257 e. The third kappa shape index (κ3) is 4.76. The van der Waals surface area contributed by atoms with E-state index < -0.39 is 5.92 Å². The first kappa shape index (κ1) is 22.7. The molecule has 1 amide bonds. The Hall–Kier alpha value is -4.10. The van der Waals surface area contributed by atoms with Crippen LogP contribution in [-0.2, 0) is 11.4 Å². The second-order valence-corrected chi connectivity index (χ2v) is 8.61. The Morgan fingerprint density at radius 3 is 2.51 bits per heavy atom. The minimum atomic E-state index is -0.473. The van der Waals surface area contributed by atoms with Gasteiger partial charge in [0.15, 0.2) is 11.5 Å². The molecule has 8 heteroatoms. The average molecular weight is 488 g/mol. The molecular formula is C27H22ClN3O4. The minimum Gasteiger partial charge on any atom is -0.493 e. The summed E-state index contributed by atoms with van der Waals surface area (Å²) in [5.74, 6) is 1.06. The molecule has 0 saturated carbocycles. The van der Waals surface area contributed by atoms with Crippen molar-refractivity contribution in [3.05, 3.63) is 105 Å². The van der Waals surface area contributed by atoms with Crippen molar-refractivity contribution in [3.8, 4) is 22.9 Å². The maximum atomic E-state index is 13.1. The molecule has 1 atom stereocenters. The highest BCUT2D eigenvalue weighted by Gasteiger charge is 2.31. The van der Waals surface area contributed by atoms with Crippen molar-refractivity contribution in [1.82, 2.24) is 9.97 Å². The molecule has 176 valence electrons. The predicted octanol–water partition coefficient (Wildman–Crippen LogP) is 5.15. The van der Waals surface area contributed by atoms with Crippen molar-refractivity contribution in [2.45, 2.75) is 18.9 Å². The SMILES string of the molecule is COc1cc([C@@H]2CC(=O)Nc3nc(-c4ccccc4)[nH]c(=O)c32)ccc1OCc1ccc(Cl)cc1. The first-order valence-electron chi connectivity index (χ1n) is 11.1. The second kappa shape index (κ2) is 9.64. The highest BCUT2D eigenvalue weighted by molar-refractivity contribution is 6.30. The van der Waals surface area contributed by atoms with Crippen LogP contribution in [0.1, 0.15) is 29.0 Å². The Morgan fingerprint density at radius 1 is 1.00 bits per heavy atom. The lowest BCUT2D eigenvalue weighted by atomic mass is 9.86. The molecule has 1 aromatic heterocycles. The molecule has 0 bridgehead atoms. The fraction of sp³-hybridized carbons (Fsp3) is 0.148. The van der Waals surface area contributed by atoms with Crippen LogP contribution in [0.3, 0.4) is 0 Å². The number of carbonyl (C=O) groups excluding carboxylic acids is 1. The Balaban J connectivity index is 1.46. The zero-order valence-corrected chi connectivity index (χ0v) is 19.6. The number of benzene rings is 3. The highest BCUT2D eigenvalue weighted by Crippen LogP contribution is 2.38. The van der Waals surface area contributed by atoms with Gasteiger partial charge >= 0.3 is 0 Å². The van der Waals surface area contributed by atoms with Crippen LogP contribution in [0.25, 0.3) is 11.4 Å². The summed E-state index contributed by atoms with van der Waals surface area (Å²) in [7, 11) is 1.55. The molecule has 0 radical (unpaired) electrons. The largest absolute Gasteiger partial charge is 0.493 e. The molecule has 1 aliphatic heterocycles. The monoisotopic (exact) mass is 487 g/mol. The number of nitrogens with one attached hydrogen (secondary N) is 2. The molecule has 35 heavy (non-hydrogen) atoms. The summed E-state index contributed by atoms with van der Waals surface area (Å²) in [6.45, 7) is 0.341. The normalized spacial score (nSPS) is 14.7. The van der Waals surface area contributed by atoms with E-state index in [1.165, 1.54) is 0 Å². The molecule has 4 aromatic rings. The molecule has 0 fully saturated rings. The van der Waals surface area contributed by atoms with E-state index in [-0.39, 0.29) is 23.7 Å². The molecule has 3 aromatic carbocycles. The van der Waals surface area contributed by atoms with Crippen LogP contribution in [0.2, 0.25) is 5.02 Å². The van der Waals surface area contributed by atoms with Gasteiger partial charge in [0.2, 0.25) is 5.91 Å². The van der Waals surface area contributed by atoms with Gasteiger partial charge in [-0.1, -0.05) is 60.1 Å². The van der Waals surface area contributed by atoms with Gasteiger partial charge in [0.1, 0.15) is 18.2 Å². The molecule has 5 rings (SSSR count). The summed E-state index contributed by atoms with van der Waals surface area (Å²) in [4.78, 5) is 33.1. The predicted molar refractivity (Wildman–Crippen MR) is 134 cm³/mol. The number of aromatic nitrogens is 2. The van der Waals surface area contributed by atoms with Gasteiger partial charge in [-0.3, -0.25) is 9.59 Å². The first-order chi connectivity index (χ1) is 17.0. The van der Waals surface area contributed by atoms with E-state index in [9.17, 15) is 9.59 Å². The number of nitrogens with zero attached hydrogens (tertiary/aromatic N) is 1. The zero-order chi connectivity index (χ0) is 24.4. The van der Waals surface area contributed by atoms with Gasteiger partial charge in [-0.2, -0.15) is 0 Å². The lowest BCUT2D eigenvalue weighted by Gasteiger charge is -2.25. The quantitative estimate of drug-likeness (QED) is 0.392. The first-order valence-corrected chi connectivity index (χ1v) is 11.4. The maximum Gasteiger partial charge on any atom is 0.257 e. The number of H-pyrrole nitrogens is 1. The maximum absolute atomic E-state index is 13.1. The molecule has 2 N–H and O–H groups in total. The van der Waals surface area contributed by atoms with E-state index in [1.54, 1.807) is 31.4 Å². The van der Waals surface area contributed by atoms with Gasteiger partial charge in [-0.15, -0.1) is 0 Å². The molecule has 0 unspecified atom stereocenters. The third-order valence-electron chi connectivity index (χ3n) is 5.90. The van der Waals surface area contributed by atoms with Crippen molar-refractivity contribution >= 4 is 23.3 Å². The van der Waals surface area contributed by atoms with Crippen LogP contribution >= 0.6 is 11.6 Å². The molecule has 2 heterocycles. The average Bonchev–Trinajstić information content (AvgIpc) is 2.88. The standard InChI is InChI=1S/C27H22ClN3O4/c1-34-22-13-18(9-12-21(22)35-15-16-7-10-19(28)11-8-16)20-14-23(32)29-26-24(20)27(33)31-25(30-26)17-5-3-2-4-6-17/h2-13,20H,14-15H2,1H3,(H2,29,30,31,32,33)/t20-/m0/s1. The van der Waals surface area contributed by atoms with Crippen molar-refractivity contribution in [2.75, 3.05) is 12.4 Å². The Bertz CT molecular complexity index is 1440. The number of hydrogen-bond acceptors (Lipinski definition) is 5. The summed E-state index contributed by atoms with van der Waals surface area (Å²) >= 11 is 5.95. The number of ether oxygens (including phenoxy) is 2. The van der Waals surface area contributed by atoms with E-state index in [0.29, 0.717) is 34.5 Å². The molecule has 0 spiro atoms. The van der Waals surface area contributed by atoms with E-state index in [0.717, 1.165) is 16.7 Å². The second-order valence-electron chi connectivity index (χ2n) is 8.17. The number of halogens is 1. The third-order valence-corrected chi connectivity index (χ3v) is 6.15. The summed E-state index contributed by atoms with van der Waals surface area (Å²) in [5.41, 5.74) is 2.61. The molecule has 7 nitrogen and oxygen atoms in total. The van der Waals surface area contributed by atoms with Crippen LogP contribution < -0.4 is 20.3 Å². The van der Waals surface area contributed by atoms with E-state index in [4.69, 9.17) is 21.1 Å². The van der Waals surface area contributed by atoms with Crippen LogP contribution in [0, 0.1) is 0 Å². The van der Waals surface area contributed by atoms with Crippen molar-refractivity contribution in [2.24, 2.45) is 0 Å². The van der Waals surface area contributed by atoms with Crippen LogP contribution in [0.15, 0.2) is 77.6 Å².